The van der Waals surface area contributed by atoms with Gasteiger partial charge in [0.15, 0.2) is 11.0 Å². The van der Waals surface area contributed by atoms with Crippen LogP contribution >= 0.6 is 23.4 Å². The number of rotatable bonds is 6. The third-order valence-electron chi connectivity index (χ3n) is 5.18. The number of hydrogen-bond donors (Lipinski definition) is 1. The van der Waals surface area contributed by atoms with Crippen LogP contribution in [0, 0.1) is 5.82 Å². The molecule has 1 fully saturated rings. The van der Waals surface area contributed by atoms with Crippen LogP contribution in [-0.2, 0) is 4.79 Å². The van der Waals surface area contributed by atoms with E-state index in [0.717, 1.165) is 25.7 Å². The van der Waals surface area contributed by atoms with Gasteiger partial charge in [-0.25, -0.2) is 4.39 Å². The molecule has 0 unspecified atom stereocenters. The Morgan fingerprint density at radius 2 is 1.83 bits per heavy atom. The summed E-state index contributed by atoms with van der Waals surface area (Å²) in [5.41, 5.74) is 1.12. The summed E-state index contributed by atoms with van der Waals surface area (Å²) in [6.45, 7) is 0. The van der Waals surface area contributed by atoms with Gasteiger partial charge < -0.3 is 5.32 Å². The largest absolute Gasteiger partial charge is 0.325 e. The summed E-state index contributed by atoms with van der Waals surface area (Å²) < 4.78 is 16.5. The molecule has 1 saturated carbocycles. The number of thioether (sulfide) groups is 1. The first-order valence-corrected chi connectivity index (χ1v) is 11.4. The lowest BCUT2D eigenvalue weighted by molar-refractivity contribution is -0.113. The Morgan fingerprint density at radius 3 is 2.57 bits per heavy atom. The van der Waals surface area contributed by atoms with E-state index in [0.29, 0.717) is 27.3 Å². The number of halogens is 2. The summed E-state index contributed by atoms with van der Waals surface area (Å²) in [4.78, 5) is 12.4. The fourth-order valence-electron chi connectivity index (χ4n) is 3.73. The SMILES string of the molecule is O=C(CSc1nnc(-c2ccccc2F)n1C1CCCCC1)Nc1ccc(Cl)cc1. The number of hydrogen-bond acceptors (Lipinski definition) is 4. The van der Waals surface area contributed by atoms with Crippen molar-refractivity contribution in [3.05, 3.63) is 59.4 Å². The molecule has 2 aromatic carbocycles. The topological polar surface area (TPSA) is 59.8 Å². The van der Waals surface area contributed by atoms with Gasteiger partial charge >= 0.3 is 0 Å². The first-order chi connectivity index (χ1) is 14.6. The van der Waals surface area contributed by atoms with Gasteiger partial charge in [0.1, 0.15) is 5.82 Å². The second-order valence-corrected chi connectivity index (χ2v) is 8.67. The maximum absolute atomic E-state index is 14.5. The maximum Gasteiger partial charge on any atom is 0.234 e. The van der Waals surface area contributed by atoms with Crippen molar-refractivity contribution < 1.29 is 9.18 Å². The summed E-state index contributed by atoms with van der Waals surface area (Å²) in [5.74, 6) is 0.248. The third kappa shape index (κ3) is 4.84. The van der Waals surface area contributed by atoms with E-state index >= 15 is 0 Å². The quantitative estimate of drug-likeness (QED) is 0.475. The van der Waals surface area contributed by atoms with Gasteiger partial charge in [-0.2, -0.15) is 0 Å². The molecule has 0 atom stereocenters. The molecule has 0 aliphatic heterocycles. The number of carbonyl (C=O) groups excluding carboxylic acids is 1. The van der Waals surface area contributed by atoms with Gasteiger partial charge in [0.05, 0.1) is 11.3 Å². The van der Waals surface area contributed by atoms with E-state index in [9.17, 15) is 9.18 Å². The molecular weight excluding hydrogens is 423 g/mol. The summed E-state index contributed by atoms with van der Waals surface area (Å²) in [6.07, 6.45) is 5.47. The highest BCUT2D eigenvalue weighted by atomic mass is 35.5. The molecule has 0 spiro atoms. The Hall–Kier alpha value is -2.38. The zero-order valence-electron chi connectivity index (χ0n) is 16.4. The van der Waals surface area contributed by atoms with Crippen molar-refractivity contribution in [2.75, 3.05) is 11.1 Å². The summed E-state index contributed by atoms with van der Waals surface area (Å²) in [6, 6.07) is 13.8. The Balaban J connectivity index is 1.54. The maximum atomic E-state index is 14.5. The number of amides is 1. The van der Waals surface area contributed by atoms with Gasteiger partial charge in [-0.15, -0.1) is 10.2 Å². The van der Waals surface area contributed by atoms with E-state index in [-0.39, 0.29) is 23.5 Å². The first kappa shape index (κ1) is 20.9. The Bertz CT molecular complexity index is 1020. The third-order valence-corrected chi connectivity index (χ3v) is 6.37. The highest BCUT2D eigenvalue weighted by Gasteiger charge is 2.25. The van der Waals surface area contributed by atoms with E-state index in [4.69, 9.17) is 11.6 Å². The van der Waals surface area contributed by atoms with Crippen molar-refractivity contribution in [1.29, 1.82) is 0 Å². The molecule has 0 saturated heterocycles. The van der Waals surface area contributed by atoms with Gasteiger partial charge in [-0.1, -0.05) is 54.8 Å². The second-order valence-electron chi connectivity index (χ2n) is 7.29. The minimum Gasteiger partial charge on any atom is -0.325 e. The minimum atomic E-state index is -0.320. The van der Waals surface area contributed by atoms with Crippen molar-refractivity contribution in [2.24, 2.45) is 0 Å². The minimum absolute atomic E-state index is 0.145. The number of anilines is 1. The highest BCUT2D eigenvalue weighted by Crippen LogP contribution is 2.36. The smallest absolute Gasteiger partial charge is 0.234 e. The van der Waals surface area contributed by atoms with Crippen molar-refractivity contribution in [2.45, 2.75) is 43.3 Å². The van der Waals surface area contributed by atoms with Gasteiger partial charge in [-0.05, 0) is 49.2 Å². The monoisotopic (exact) mass is 444 g/mol. The fourth-order valence-corrected chi connectivity index (χ4v) is 4.66. The summed E-state index contributed by atoms with van der Waals surface area (Å²) in [5, 5.41) is 12.7. The molecule has 0 bridgehead atoms. The van der Waals surface area contributed by atoms with Gasteiger partial charge in [0, 0.05) is 16.8 Å². The Morgan fingerprint density at radius 1 is 1.10 bits per heavy atom. The number of benzene rings is 2. The van der Waals surface area contributed by atoms with E-state index in [1.165, 1.54) is 24.2 Å². The standard InChI is InChI=1S/C22H22ClFN4OS/c23-15-10-12-16(13-11-15)25-20(29)14-30-22-27-26-21(18-8-4-5-9-19(18)24)28(22)17-6-2-1-3-7-17/h4-5,8-13,17H,1-3,6-7,14H2,(H,25,29). The van der Waals surface area contributed by atoms with E-state index < -0.39 is 0 Å². The molecule has 1 aromatic heterocycles. The predicted octanol–water partition coefficient (Wildman–Crippen LogP) is 5.97. The van der Waals surface area contributed by atoms with Crippen molar-refractivity contribution in [1.82, 2.24) is 14.8 Å². The molecule has 1 amide bonds. The zero-order valence-corrected chi connectivity index (χ0v) is 17.9. The van der Waals surface area contributed by atoms with Crippen molar-refractivity contribution >= 4 is 35.0 Å². The fraction of sp³-hybridized carbons (Fsp3) is 0.318. The summed E-state index contributed by atoms with van der Waals surface area (Å²) >= 11 is 7.20. The lowest BCUT2D eigenvalue weighted by Gasteiger charge is -2.25. The van der Waals surface area contributed by atoms with Crippen LogP contribution in [-0.4, -0.2) is 26.4 Å². The van der Waals surface area contributed by atoms with Crippen LogP contribution < -0.4 is 5.32 Å². The van der Waals surface area contributed by atoms with Crippen LogP contribution in [0.2, 0.25) is 5.02 Å². The molecule has 1 N–H and O–H groups in total. The molecule has 1 aliphatic carbocycles. The van der Waals surface area contributed by atoms with Gasteiger partial charge in [0.2, 0.25) is 5.91 Å². The van der Waals surface area contributed by atoms with Crippen molar-refractivity contribution in [3.63, 3.8) is 0 Å². The van der Waals surface area contributed by atoms with Crippen LogP contribution in [0.15, 0.2) is 53.7 Å². The number of nitrogens with one attached hydrogen (secondary N) is 1. The number of nitrogens with zero attached hydrogens (tertiary/aromatic N) is 3. The highest BCUT2D eigenvalue weighted by molar-refractivity contribution is 7.99. The molecule has 156 valence electrons. The zero-order chi connectivity index (χ0) is 20.9. The lowest BCUT2D eigenvalue weighted by Crippen LogP contribution is -2.17. The molecule has 30 heavy (non-hydrogen) atoms. The van der Waals surface area contributed by atoms with E-state index in [1.807, 2.05) is 4.57 Å². The van der Waals surface area contributed by atoms with Gasteiger partial charge in [-0.3, -0.25) is 9.36 Å². The van der Waals surface area contributed by atoms with Crippen LogP contribution in [0.4, 0.5) is 10.1 Å². The van der Waals surface area contributed by atoms with Crippen LogP contribution in [0.5, 0.6) is 0 Å². The Kier molecular flexibility index (Phi) is 6.69. The molecule has 4 rings (SSSR count). The van der Waals surface area contributed by atoms with Crippen LogP contribution in [0.3, 0.4) is 0 Å². The molecular formula is C22H22ClFN4OS. The number of aromatic nitrogens is 3. The van der Waals surface area contributed by atoms with Crippen LogP contribution in [0.25, 0.3) is 11.4 Å². The average Bonchev–Trinajstić information content (AvgIpc) is 3.18. The molecule has 1 heterocycles. The summed E-state index contributed by atoms with van der Waals surface area (Å²) in [7, 11) is 0. The van der Waals surface area contributed by atoms with E-state index in [2.05, 4.69) is 15.5 Å². The molecule has 5 nitrogen and oxygen atoms in total. The van der Waals surface area contributed by atoms with Gasteiger partial charge in [0.25, 0.3) is 0 Å². The number of carbonyl (C=O) groups is 1. The molecule has 0 radical (unpaired) electrons. The van der Waals surface area contributed by atoms with E-state index in [1.54, 1.807) is 42.5 Å². The van der Waals surface area contributed by atoms with Crippen molar-refractivity contribution in [3.8, 4) is 11.4 Å². The lowest BCUT2D eigenvalue weighted by atomic mass is 9.95. The first-order valence-electron chi connectivity index (χ1n) is 10.00. The molecule has 8 heteroatoms. The second kappa shape index (κ2) is 9.62. The average molecular weight is 445 g/mol. The Labute approximate surface area is 184 Å². The molecule has 3 aromatic rings. The molecule has 1 aliphatic rings. The van der Waals surface area contributed by atoms with Crippen LogP contribution in [0.1, 0.15) is 38.1 Å². The normalized spacial score (nSPS) is 14.6. The predicted molar refractivity (Wildman–Crippen MR) is 118 cm³/mol.